The molecule has 0 saturated carbocycles. The molecule has 1 aromatic heterocycles. The highest BCUT2D eigenvalue weighted by Crippen LogP contribution is 2.38. The van der Waals surface area contributed by atoms with E-state index in [0.717, 1.165) is 5.56 Å². The summed E-state index contributed by atoms with van der Waals surface area (Å²) in [5.74, 6) is -0.622. The van der Waals surface area contributed by atoms with Crippen LogP contribution in [0.15, 0.2) is 34.4 Å². The molecule has 3 rings (SSSR count). The third-order valence-electron chi connectivity index (χ3n) is 4.60. The minimum absolute atomic E-state index is 0.0130. The zero-order valence-corrected chi connectivity index (χ0v) is 16.3. The standard InChI is InChI=1S/C20H23N3O6/c1-12(2)9-22-10-13-6-19(29-5-3-4-24)18(26)7-14(13)16-8-17(25)15(11-23(16)22)20(27)21-28/h6-8,11-12,24,26H,3-5,9-10H2,1-2H3. The van der Waals surface area contributed by atoms with E-state index in [-0.39, 0.29) is 30.4 Å². The Hall–Kier alpha value is -3.20. The van der Waals surface area contributed by atoms with Crippen LogP contribution in [0, 0.1) is 10.8 Å². The minimum Gasteiger partial charge on any atom is -0.504 e. The Morgan fingerprint density at radius 3 is 2.72 bits per heavy atom. The molecule has 0 aliphatic carbocycles. The number of amides is 1. The number of aliphatic hydroxyl groups is 1. The molecule has 0 unspecified atom stereocenters. The second-order valence-electron chi connectivity index (χ2n) is 7.32. The van der Waals surface area contributed by atoms with Crippen LogP contribution in [0.25, 0.3) is 11.3 Å². The van der Waals surface area contributed by atoms with Crippen LogP contribution in [0.1, 0.15) is 36.2 Å². The van der Waals surface area contributed by atoms with Gasteiger partial charge in [-0.25, -0.2) is 0 Å². The number of phenols is 1. The van der Waals surface area contributed by atoms with E-state index in [9.17, 15) is 19.6 Å². The van der Waals surface area contributed by atoms with Crippen LogP contribution in [-0.4, -0.2) is 40.6 Å². The Bertz CT molecular complexity index is 998. The van der Waals surface area contributed by atoms with Crippen molar-refractivity contribution in [3.05, 3.63) is 50.7 Å². The zero-order chi connectivity index (χ0) is 21.1. The molecule has 2 heterocycles. The summed E-state index contributed by atoms with van der Waals surface area (Å²) in [7, 11) is 0. The summed E-state index contributed by atoms with van der Waals surface area (Å²) < 4.78 is 7.21. The van der Waals surface area contributed by atoms with E-state index in [0.29, 0.717) is 36.5 Å². The number of phenolic OH excluding ortho intramolecular Hbond substituents is 1. The molecule has 0 bridgehead atoms. The molecule has 1 aliphatic heterocycles. The van der Waals surface area contributed by atoms with Gasteiger partial charge in [0, 0.05) is 42.6 Å². The van der Waals surface area contributed by atoms with Crippen molar-refractivity contribution >= 4 is 5.91 Å². The molecule has 2 N–H and O–H groups in total. The molecule has 0 radical (unpaired) electrons. The first-order valence-electron chi connectivity index (χ1n) is 9.35. The highest BCUT2D eigenvalue weighted by atomic mass is 16.5. The molecule has 0 fully saturated rings. The van der Waals surface area contributed by atoms with Crippen LogP contribution >= 0.6 is 0 Å². The Balaban J connectivity index is 2.13. The Morgan fingerprint density at radius 1 is 1.31 bits per heavy atom. The number of nitrogens with zero attached hydrogens (tertiary/aromatic N) is 3. The predicted molar refractivity (Wildman–Crippen MR) is 107 cm³/mol. The lowest BCUT2D eigenvalue weighted by Gasteiger charge is -2.36. The number of fused-ring (bicyclic) bond motifs is 3. The molecule has 154 valence electrons. The topological polar surface area (TPSA) is 121 Å². The van der Waals surface area contributed by atoms with Gasteiger partial charge in [-0.05, 0) is 23.6 Å². The van der Waals surface area contributed by atoms with Crippen molar-refractivity contribution in [1.82, 2.24) is 4.68 Å². The van der Waals surface area contributed by atoms with E-state index >= 15 is 0 Å². The summed E-state index contributed by atoms with van der Waals surface area (Å²) in [6.45, 7) is 5.40. The maximum atomic E-state index is 12.4. The van der Waals surface area contributed by atoms with Gasteiger partial charge in [0.25, 0.3) is 0 Å². The summed E-state index contributed by atoms with van der Waals surface area (Å²) >= 11 is 0. The highest BCUT2D eigenvalue weighted by Gasteiger charge is 2.26. The van der Waals surface area contributed by atoms with Crippen LogP contribution < -0.4 is 15.2 Å². The van der Waals surface area contributed by atoms with Crippen LogP contribution in [0.5, 0.6) is 11.5 Å². The maximum Gasteiger partial charge on any atom is 0.322 e. The van der Waals surface area contributed by atoms with Gasteiger partial charge in [-0.3, -0.25) is 14.3 Å². The van der Waals surface area contributed by atoms with Crippen molar-refractivity contribution in [1.29, 1.82) is 0 Å². The molecule has 29 heavy (non-hydrogen) atoms. The first-order valence-corrected chi connectivity index (χ1v) is 9.35. The van der Waals surface area contributed by atoms with Gasteiger partial charge in [-0.1, -0.05) is 13.8 Å². The Kier molecular flexibility index (Phi) is 5.97. The van der Waals surface area contributed by atoms with Crippen molar-refractivity contribution in [2.75, 3.05) is 24.8 Å². The van der Waals surface area contributed by atoms with E-state index in [1.165, 1.54) is 18.3 Å². The average molecular weight is 401 g/mol. The number of benzene rings is 1. The first kappa shape index (κ1) is 20.5. The molecule has 0 saturated heterocycles. The van der Waals surface area contributed by atoms with E-state index in [4.69, 9.17) is 9.84 Å². The largest absolute Gasteiger partial charge is 0.504 e. The van der Waals surface area contributed by atoms with Crippen molar-refractivity contribution < 1.29 is 19.7 Å². The van der Waals surface area contributed by atoms with E-state index in [2.05, 4.69) is 5.18 Å². The molecular formula is C20H23N3O6. The number of hydrogen-bond acceptors (Lipinski definition) is 7. The van der Waals surface area contributed by atoms with Gasteiger partial charge in [0.05, 0.1) is 18.8 Å². The smallest absolute Gasteiger partial charge is 0.322 e. The lowest BCUT2D eigenvalue weighted by molar-refractivity contribution is 0.0999. The Labute approximate surface area is 167 Å². The number of carbonyl (C=O) groups excluding carboxylic acids is 1. The Morgan fingerprint density at radius 2 is 2.07 bits per heavy atom. The molecule has 1 amide bonds. The van der Waals surface area contributed by atoms with Gasteiger partial charge < -0.3 is 20.0 Å². The average Bonchev–Trinajstić information content (AvgIpc) is 2.68. The quantitative estimate of drug-likeness (QED) is 0.537. The maximum absolute atomic E-state index is 12.4. The number of nitroso groups, excluding NO2 is 1. The zero-order valence-electron chi connectivity index (χ0n) is 16.3. The predicted octanol–water partition coefficient (Wildman–Crippen LogP) is 2.00. The molecule has 9 heteroatoms. The number of hydrogen-bond donors (Lipinski definition) is 2. The summed E-state index contributed by atoms with van der Waals surface area (Å²) in [6.07, 6.45) is 1.77. The van der Waals surface area contributed by atoms with Crippen LogP contribution in [0.2, 0.25) is 0 Å². The first-order chi connectivity index (χ1) is 13.8. The normalized spacial score (nSPS) is 12.5. The van der Waals surface area contributed by atoms with Crippen LogP contribution in [0.4, 0.5) is 0 Å². The number of rotatable bonds is 7. The van der Waals surface area contributed by atoms with Gasteiger partial charge in [0.1, 0.15) is 5.56 Å². The van der Waals surface area contributed by atoms with Gasteiger partial charge >= 0.3 is 5.91 Å². The fraction of sp³-hybridized carbons (Fsp3) is 0.400. The fourth-order valence-electron chi connectivity index (χ4n) is 3.36. The van der Waals surface area contributed by atoms with Crippen molar-refractivity contribution in [3.8, 4) is 22.8 Å². The third kappa shape index (κ3) is 4.14. The molecule has 0 atom stereocenters. The summed E-state index contributed by atoms with van der Waals surface area (Å²) in [5.41, 5.74) is 1.06. The second kappa shape index (κ2) is 8.44. The summed E-state index contributed by atoms with van der Waals surface area (Å²) in [4.78, 5) is 34.8. The van der Waals surface area contributed by atoms with Gasteiger partial charge in [-0.15, -0.1) is 4.91 Å². The number of aliphatic hydroxyl groups excluding tert-OH is 1. The van der Waals surface area contributed by atoms with E-state index < -0.39 is 11.3 Å². The van der Waals surface area contributed by atoms with E-state index in [1.807, 2.05) is 18.9 Å². The third-order valence-corrected chi connectivity index (χ3v) is 4.60. The number of aromatic hydroxyl groups is 1. The fourth-order valence-corrected chi connectivity index (χ4v) is 3.36. The molecule has 1 aromatic carbocycles. The van der Waals surface area contributed by atoms with Crippen molar-refractivity contribution in [3.63, 3.8) is 0 Å². The molecular weight excluding hydrogens is 378 g/mol. The van der Waals surface area contributed by atoms with Crippen LogP contribution in [-0.2, 0) is 6.54 Å². The molecule has 9 nitrogen and oxygen atoms in total. The molecule has 1 aliphatic rings. The second-order valence-corrected chi connectivity index (χ2v) is 7.32. The van der Waals surface area contributed by atoms with Gasteiger partial charge in [0.15, 0.2) is 16.9 Å². The number of carbonyl (C=O) groups is 1. The number of pyridine rings is 1. The molecule has 0 spiro atoms. The lowest BCUT2D eigenvalue weighted by Crippen LogP contribution is -2.41. The van der Waals surface area contributed by atoms with Crippen LogP contribution in [0.3, 0.4) is 0 Å². The molecule has 2 aromatic rings. The number of aromatic nitrogens is 1. The SMILES string of the molecule is CC(C)CN1Cc2cc(OCCCO)c(O)cc2-c2cc(=O)c(C(=O)N=O)cn21. The summed E-state index contributed by atoms with van der Waals surface area (Å²) in [5, 5.41) is 23.6. The van der Waals surface area contributed by atoms with Crippen molar-refractivity contribution in [2.45, 2.75) is 26.8 Å². The lowest BCUT2D eigenvalue weighted by atomic mass is 9.99. The van der Waals surface area contributed by atoms with Gasteiger partial charge in [-0.2, -0.15) is 0 Å². The van der Waals surface area contributed by atoms with Crippen molar-refractivity contribution in [2.24, 2.45) is 11.1 Å². The van der Waals surface area contributed by atoms with E-state index in [1.54, 1.807) is 10.7 Å². The summed E-state index contributed by atoms with van der Waals surface area (Å²) in [6, 6.07) is 4.51. The number of ether oxygens (including phenoxy) is 1. The van der Waals surface area contributed by atoms with Gasteiger partial charge in [0.2, 0.25) is 0 Å². The minimum atomic E-state index is -1.11. The highest BCUT2D eigenvalue weighted by molar-refractivity contribution is 5.94. The monoisotopic (exact) mass is 401 g/mol.